The fourth-order valence-corrected chi connectivity index (χ4v) is 6.65. The van der Waals surface area contributed by atoms with E-state index in [0.717, 1.165) is 109 Å². The van der Waals surface area contributed by atoms with E-state index in [4.69, 9.17) is 14.2 Å². The third kappa shape index (κ3) is 47.8. The first-order valence-electron chi connectivity index (χ1n) is 25.1. The summed E-state index contributed by atoms with van der Waals surface area (Å²) in [4.78, 5) is 25.3. The highest BCUT2D eigenvalue weighted by Gasteiger charge is 2.17. The number of hydrogen-bond acceptors (Lipinski definition) is 5. The van der Waals surface area contributed by atoms with Crippen LogP contribution in [0.4, 0.5) is 0 Å². The molecule has 0 N–H and O–H groups in total. The summed E-state index contributed by atoms with van der Waals surface area (Å²) in [6.07, 6.45) is 65.8. The van der Waals surface area contributed by atoms with Crippen molar-refractivity contribution in [3.63, 3.8) is 0 Å². The molecule has 0 aliphatic carbocycles. The average Bonchev–Trinajstić information content (AvgIpc) is 3.25. The number of esters is 2. The summed E-state index contributed by atoms with van der Waals surface area (Å²) >= 11 is 0. The second-order valence-electron chi connectivity index (χ2n) is 16.3. The van der Waals surface area contributed by atoms with E-state index in [1.54, 1.807) is 0 Å². The number of carbonyl (C=O) groups is 2. The predicted octanol–water partition coefficient (Wildman–Crippen LogP) is 16.9. The standard InChI is InChI=1S/C55H94O5/c1-4-7-10-13-16-19-22-25-26-27-28-29-32-35-38-41-44-47-50-58-51-53(60-55(57)49-46-43-40-37-34-31-24-21-18-15-12-9-6-3)52-59-54(56)48-45-42-39-36-33-30-23-20-17-14-11-8-5-2/h7,10-11,14,16,19-21,23-26,28-29,53H,4-6,8-9,12-13,15,17-18,22,27,30-52H2,1-3H3/b10-7-,14-11-,19-16-,23-20-,24-21-,26-25-,29-28-. The van der Waals surface area contributed by atoms with Crippen LogP contribution in [0.2, 0.25) is 0 Å². The first-order chi connectivity index (χ1) is 29.6. The van der Waals surface area contributed by atoms with E-state index < -0.39 is 6.10 Å². The Morgan fingerprint density at radius 2 is 0.783 bits per heavy atom. The Hall–Kier alpha value is -2.92. The van der Waals surface area contributed by atoms with Gasteiger partial charge in [-0.05, 0) is 109 Å². The van der Waals surface area contributed by atoms with Crippen LogP contribution in [0.25, 0.3) is 0 Å². The van der Waals surface area contributed by atoms with Crippen molar-refractivity contribution in [2.75, 3.05) is 19.8 Å². The second-order valence-corrected chi connectivity index (χ2v) is 16.3. The lowest BCUT2D eigenvalue weighted by atomic mass is 10.1. The van der Waals surface area contributed by atoms with Crippen LogP contribution in [0.15, 0.2) is 85.1 Å². The van der Waals surface area contributed by atoms with Crippen molar-refractivity contribution in [3.8, 4) is 0 Å². The Morgan fingerprint density at radius 1 is 0.383 bits per heavy atom. The maximum atomic E-state index is 12.8. The number of hydrogen-bond donors (Lipinski definition) is 0. The molecule has 1 atom stereocenters. The van der Waals surface area contributed by atoms with Gasteiger partial charge in [-0.3, -0.25) is 9.59 Å². The van der Waals surface area contributed by atoms with E-state index >= 15 is 0 Å². The Kier molecular flexibility index (Phi) is 48.0. The fraction of sp³-hybridized carbons (Fsp3) is 0.709. The number of unbranched alkanes of at least 4 members (excludes halogenated alkanes) is 20. The van der Waals surface area contributed by atoms with Crippen LogP contribution in [-0.4, -0.2) is 37.9 Å². The minimum absolute atomic E-state index is 0.0635. The van der Waals surface area contributed by atoms with Gasteiger partial charge in [0.05, 0.1) is 6.61 Å². The summed E-state index contributed by atoms with van der Waals surface area (Å²) in [6, 6.07) is 0. The summed E-state index contributed by atoms with van der Waals surface area (Å²) in [5.41, 5.74) is 0. The molecule has 0 rings (SSSR count). The van der Waals surface area contributed by atoms with Crippen molar-refractivity contribution >= 4 is 11.9 Å². The molecule has 0 heterocycles. The molecule has 5 nitrogen and oxygen atoms in total. The Balaban J connectivity index is 4.34. The molecule has 0 aliphatic rings. The van der Waals surface area contributed by atoms with Crippen LogP contribution in [0.1, 0.15) is 226 Å². The van der Waals surface area contributed by atoms with Crippen LogP contribution in [0, 0.1) is 0 Å². The minimum Gasteiger partial charge on any atom is -0.462 e. The largest absolute Gasteiger partial charge is 0.462 e. The first kappa shape index (κ1) is 57.1. The van der Waals surface area contributed by atoms with Gasteiger partial charge in [0.2, 0.25) is 0 Å². The molecule has 0 aliphatic heterocycles. The molecule has 0 saturated carbocycles. The lowest BCUT2D eigenvalue weighted by molar-refractivity contribution is -0.163. The van der Waals surface area contributed by atoms with Gasteiger partial charge in [-0.15, -0.1) is 0 Å². The van der Waals surface area contributed by atoms with Gasteiger partial charge in [0, 0.05) is 19.4 Å². The molecule has 0 bridgehead atoms. The van der Waals surface area contributed by atoms with E-state index in [1.807, 2.05) is 0 Å². The van der Waals surface area contributed by atoms with Crippen molar-refractivity contribution in [3.05, 3.63) is 85.1 Å². The van der Waals surface area contributed by atoms with Gasteiger partial charge in [-0.1, -0.05) is 189 Å². The summed E-state index contributed by atoms with van der Waals surface area (Å²) in [7, 11) is 0. The summed E-state index contributed by atoms with van der Waals surface area (Å²) < 4.78 is 17.3. The smallest absolute Gasteiger partial charge is 0.306 e. The van der Waals surface area contributed by atoms with Crippen molar-refractivity contribution in [2.24, 2.45) is 0 Å². The molecule has 0 spiro atoms. The zero-order valence-electron chi connectivity index (χ0n) is 39.5. The quantitative estimate of drug-likeness (QED) is 0.0347. The van der Waals surface area contributed by atoms with Gasteiger partial charge < -0.3 is 14.2 Å². The van der Waals surface area contributed by atoms with Crippen molar-refractivity contribution in [1.82, 2.24) is 0 Å². The van der Waals surface area contributed by atoms with Crippen molar-refractivity contribution < 1.29 is 23.8 Å². The minimum atomic E-state index is -0.559. The molecule has 0 aromatic carbocycles. The summed E-state index contributed by atoms with van der Waals surface area (Å²) in [5, 5.41) is 0. The first-order valence-corrected chi connectivity index (χ1v) is 25.1. The van der Waals surface area contributed by atoms with Crippen LogP contribution >= 0.6 is 0 Å². The number of allylic oxidation sites excluding steroid dienone is 14. The molecule has 0 aromatic rings. The van der Waals surface area contributed by atoms with Crippen LogP contribution in [-0.2, 0) is 23.8 Å². The molecule has 60 heavy (non-hydrogen) atoms. The van der Waals surface area contributed by atoms with E-state index in [9.17, 15) is 9.59 Å². The van der Waals surface area contributed by atoms with E-state index in [2.05, 4.69) is 106 Å². The third-order valence-electron chi connectivity index (χ3n) is 10.4. The number of carbonyl (C=O) groups excluding carboxylic acids is 2. The van der Waals surface area contributed by atoms with E-state index in [0.29, 0.717) is 19.4 Å². The molecule has 0 fully saturated rings. The molecule has 1 unspecified atom stereocenters. The van der Waals surface area contributed by atoms with Gasteiger partial charge in [-0.25, -0.2) is 0 Å². The molecule has 0 aromatic heterocycles. The van der Waals surface area contributed by atoms with Gasteiger partial charge in [0.15, 0.2) is 6.10 Å². The SMILES string of the molecule is CC/C=C\C/C=C\C/C=C\C/C=C\CCCCCCCOCC(COC(=O)CCCCCCC/C=C\C/C=C\CCC)OC(=O)CCCCCCC/C=C\CCCCCC. The summed E-state index contributed by atoms with van der Waals surface area (Å²) in [6.45, 7) is 7.57. The zero-order valence-corrected chi connectivity index (χ0v) is 39.5. The van der Waals surface area contributed by atoms with Gasteiger partial charge in [0.25, 0.3) is 0 Å². The third-order valence-corrected chi connectivity index (χ3v) is 10.4. The molecule has 0 saturated heterocycles. The lowest BCUT2D eigenvalue weighted by Crippen LogP contribution is -2.30. The number of rotatable bonds is 45. The molecule has 344 valence electrons. The zero-order chi connectivity index (χ0) is 43.5. The molecule has 5 heteroatoms. The fourth-order valence-electron chi connectivity index (χ4n) is 6.65. The lowest BCUT2D eigenvalue weighted by Gasteiger charge is -2.18. The average molecular weight is 835 g/mol. The van der Waals surface area contributed by atoms with Crippen molar-refractivity contribution in [2.45, 2.75) is 232 Å². The Bertz CT molecular complexity index is 1130. The highest BCUT2D eigenvalue weighted by atomic mass is 16.6. The Labute approximate surface area is 371 Å². The van der Waals surface area contributed by atoms with Gasteiger partial charge >= 0.3 is 11.9 Å². The van der Waals surface area contributed by atoms with Gasteiger partial charge in [0.1, 0.15) is 6.61 Å². The van der Waals surface area contributed by atoms with Gasteiger partial charge in [-0.2, -0.15) is 0 Å². The maximum Gasteiger partial charge on any atom is 0.306 e. The predicted molar refractivity (Wildman–Crippen MR) is 260 cm³/mol. The van der Waals surface area contributed by atoms with E-state index in [-0.39, 0.29) is 25.2 Å². The topological polar surface area (TPSA) is 61.8 Å². The highest BCUT2D eigenvalue weighted by molar-refractivity contribution is 5.70. The highest BCUT2D eigenvalue weighted by Crippen LogP contribution is 2.13. The van der Waals surface area contributed by atoms with Crippen LogP contribution in [0.5, 0.6) is 0 Å². The number of ether oxygens (including phenoxy) is 3. The maximum absolute atomic E-state index is 12.8. The van der Waals surface area contributed by atoms with Crippen LogP contribution < -0.4 is 0 Å². The monoisotopic (exact) mass is 835 g/mol. The second kappa shape index (κ2) is 50.4. The molecular weight excluding hydrogens is 741 g/mol. The molecular formula is C55H94O5. The molecule has 0 amide bonds. The summed E-state index contributed by atoms with van der Waals surface area (Å²) in [5.74, 6) is -0.437. The normalized spacial score (nSPS) is 12.9. The van der Waals surface area contributed by atoms with E-state index in [1.165, 1.54) is 83.5 Å². The molecule has 0 radical (unpaired) electrons. The van der Waals surface area contributed by atoms with Crippen molar-refractivity contribution in [1.29, 1.82) is 0 Å². The Morgan fingerprint density at radius 3 is 1.28 bits per heavy atom. The van der Waals surface area contributed by atoms with Crippen LogP contribution in [0.3, 0.4) is 0 Å².